The Morgan fingerprint density at radius 2 is 2.11 bits per heavy atom. The number of hydrogen-bond donors (Lipinski definition) is 0. The van der Waals surface area contributed by atoms with Crippen LogP contribution in [0.3, 0.4) is 0 Å². The van der Waals surface area contributed by atoms with Crippen molar-refractivity contribution < 1.29 is 9.18 Å². The van der Waals surface area contributed by atoms with E-state index in [-0.39, 0.29) is 17.6 Å². The average molecular weight is 244 g/mol. The molecule has 0 N–H and O–H groups in total. The molecule has 1 aromatic carbocycles. The van der Waals surface area contributed by atoms with Gasteiger partial charge in [-0.15, -0.1) is 0 Å². The smallest absolute Gasteiger partial charge is 0.203 e. The van der Waals surface area contributed by atoms with Gasteiger partial charge in [-0.3, -0.25) is 4.79 Å². The van der Waals surface area contributed by atoms with Gasteiger partial charge in [-0.25, -0.2) is 9.37 Å². The van der Waals surface area contributed by atoms with E-state index in [4.69, 9.17) is 0 Å². The Morgan fingerprint density at radius 1 is 1.44 bits per heavy atom. The van der Waals surface area contributed by atoms with Gasteiger partial charge >= 0.3 is 0 Å². The molecule has 0 aliphatic heterocycles. The van der Waals surface area contributed by atoms with Crippen molar-refractivity contribution in [2.75, 3.05) is 0 Å². The molecule has 0 saturated carbocycles. The van der Waals surface area contributed by atoms with E-state index < -0.39 is 0 Å². The molecule has 0 aliphatic carbocycles. The fraction of sp³-hybridized carbons (Fsp3) is 0.143. The van der Waals surface area contributed by atoms with Gasteiger partial charge in [0.2, 0.25) is 5.78 Å². The summed E-state index contributed by atoms with van der Waals surface area (Å²) in [5.74, 6) is -0.458. The first-order valence-corrected chi connectivity index (χ1v) is 5.57. The second-order valence-corrected chi connectivity index (χ2v) is 3.98. The lowest BCUT2D eigenvalue weighted by atomic mass is 10.1. The van der Waals surface area contributed by atoms with Crippen LogP contribution in [-0.2, 0) is 0 Å². The summed E-state index contributed by atoms with van der Waals surface area (Å²) >= 11 is 0. The topological polar surface area (TPSA) is 34.9 Å². The van der Waals surface area contributed by atoms with Crippen molar-refractivity contribution in [1.29, 1.82) is 0 Å². The van der Waals surface area contributed by atoms with Crippen LogP contribution in [-0.4, -0.2) is 15.3 Å². The number of nitrogens with zero attached hydrogens (tertiary/aromatic N) is 2. The molecule has 2 aromatic rings. The molecule has 0 bridgehead atoms. The summed E-state index contributed by atoms with van der Waals surface area (Å²) in [6.07, 6.45) is 4.35. The summed E-state index contributed by atoms with van der Waals surface area (Å²) in [6.45, 7) is 5.39. The Morgan fingerprint density at radius 3 is 2.72 bits per heavy atom. The number of aromatic nitrogens is 2. The lowest BCUT2D eigenvalue weighted by Crippen LogP contribution is -2.12. The van der Waals surface area contributed by atoms with Crippen LogP contribution < -0.4 is 0 Å². The van der Waals surface area contributed by atoms with E-state index in [9.17, 15) is 9.18 Å². The van der Waals surface area contributed by atoms with Crippen LogP contribution in [0.2, 0.25) is 0 Å². The van der Waals surface area contributed by atoms with Crippen molar-refractivity contribution in [3.63, 3.8) is 0 Å². The van der Waals surface area contributed by atoms with Gasteiger partial charge in [0.25, 0.3) is 0 Å². The molecule has 1 atom stereocenters. The first-order chi connectivity index (χ1) is 8.63. The fourth-order valence-corrected chi connectivity index (χ4v) is 1.81. The molecule has 1 heterocycles. The van der Waals surface area contributed by atoms with Crippen molar-refractivity contribution in [2.24, 2.45) is 0 Å². The van der Waals surface area contributed by atoms with Crippen LogP contribution in [0.1, 0.15) is 29.0 Å². The van der Waals surface area contributed by atoms with E-state index in [0.717, 1.165) is 5.56 Å². The summed E-state index contributed by atoms with van der Waals surface area (Å²) in [5, 5.41) is 0. The van der Waals surface area contributed by atoms with Gasteiger partial charge in [-0.1, -0.05) is 18.7 Å². The summed E-state index contributed by atoms with van der Waals surface area (Å²) < 4.78 is 14.6. The van der Waals surface area contributed by atoms with Crippen molar-refractivity contribution in [3.05, 3.63) is 66.5 Å². The third-order valence-corrected chi connectivity index (χ3v) is 2.87. The molecule has 0 fully saturated rings. The number of carbonyl (C=O) groups is 1. The fourth-order valence-electron chi connectivity index (χ4n) is 1.81. The molecule has 18 heavy (non-hydrogen) atoms. The molecule has 0 unspecified atom stereocenters. The SMILES string of the molecule is C=CC(=O)c1cncn1[C@H](C)c1ccc(F)cc1. The molecule has 0 radical (unpaired) electrons. The zero-order valence-corrected chi connectivity index (χ0v) is 10.0. The van der Waals surface area contributed by atoms with Gasteiger partial charge < -0.3 is 4.57 Å². The van der Waals surface area contributed by atoms with E-state index in [2.05, 4.69) is 11.6 Å². The van der Waals surface area contributed by atoms with Crippen molar-refractivity contribution in [1.82, 2.24) is 9.55 Å². The highest BCUT2D eigenvalue weighted by molar-refractivity contribution is 6.02. The Labute approximate surface area is 105 Å². The van der Waals surface area contributed by atoms with Crippen molar-refractivity contribution in [2.45, 2.75) is 13.0 Å². The lowest BCUT2D eigenvalue weighted by Gasteiger charge is -2.15. The zero-order valence-electron chi connectivity index (χ0n) is 10.0. The van der Waals surface area contributed by atoms with E-state index in [0.29, 0.717) is 5.69 Å². The predicted molar refractivity (Wildman–Crippen MR) is 67.0 cm³/mol. The Kier molecular flexibility index (Phi) is 3.37. The lowest BCUT2D eigenvalue weighted by molar-refractivity contribution is 0.103. The third-order valence-electron chi connectivity index (χ3n) is 2.87. The van der Waals surface area contributed by atoms with Gasteiger partial charge in [-0.05, 0) is 30.7 Å². The Balaban J connectivity index is 2.37. The number of carbonyl (C=O) groups excluding carboxylic acids is 1. The van der Waals surface area contributed by atoms with Crippen LogP contribution in [0, 0.1) is 5.82 Å². The molecular formula is C14H13FN2O. The van der Waals surface area contributed by atoms with Crippen LogP contribution in [0.15, 0.2) is 49.4 Å². The van der Waals surface area contributed by atoms with Gasteiger partial charge in [0, 0.05) is 0 Å². The molecular weight excluding hydrogens is 231 g/mol. The number of halogens is 1. The highest BCUT2D eigenvalue weighted by Gasteiger charge is 2.15. The second kappa shape index (κ2) is 4.96. The maximum absolute atomic E-state index is 12.9. The van der Waals surface area contributed by atoms with Crippen LogP contribution in [0.25, 0.3) is 0 Å². The standard InChI is InChI=1S/C14H13FN2O/c1-3-14(18)13-8-16-9-17(13)10(2)11-4-6-12(15)7-5-11/h3-10H,1H2,2H3/t10-/m1/s1. The zero-order chi connectivity index (χ0) is 13.1. The summed E-state index contributed by atoms with van der Waals surface area (Å²) in [6, 6.07) is 6.10. The quantitative estimate of drug-likeness (QED) is 0.612. The first kappa shape index (κ1) is 12.2. The van der Waals surface area contributed by atoms with E-state index in [1.165, 1.54) is 24.4 Å². The molecule has 0 amide bonds. The molecule has 0 aliphatic rings. The predicted octanol–water partition coefficient (Wildman–Crippen LogP) is 3.00. The normalized spacial score (nSPS) is 12.1. The van der Waals surface area contributed by atoms with Crippen LogP contribution >= 0.6 is 0 Å². The minimum Gasteiger partial charge on any atom is -0.321 e. The van der Waals surface area contributed by atoms with E-state index >= 15 is 0 Å². The molecule has 0 saturated heterocycles. The maximum atomic E-state index is 12.9. The first-order valence-electron chi connectivity index (χ1n) is 5.57. The number of rotatable bonds is 4. The van der Waals surface area contributed by atoms with Crippen LogP contribution in [0.5, 0.6) is 0 Å². The second-order valence-electron chi connectivity index (χ2n) is 3.98. The Hall–Kier alpha value is -2.23. The van der Waals surface area contributed by atoms with Gasteiger partial charge in [-0.2, -0.15) is 0 Å². The van der Waals surface area contributed by atoms with E-state index in [1.54, 1.807) is 23.0 Å². The average Bonchev–Trinajstić information content (AvgIpc) is 2.87. The van der Waals surface area contributed by atoms with Crippen molar-refractivity contribution >= 4 is 5.78 Å². The number of ketones is 1. The monoisotopic (exact) mass is 244 g/mol. The van der Waals surface area contributed by atoms with Gasteiger partial charge in [0.15, 0.2) is 0 Å². The molecule has 4 heteroatoms. The molecule has 1 aromatic heterocycles. The number of allylic oxidation sites excluding steroid dienone is 1. The number of benzene rings is 1. The summed E-state index contributed by atoms with van der Waals surface area (Å²) in [5.41, 5.74) is 1.38. The highest BCUT2D eigenvalue weighted by Crippen LogP contribution is 2.20. The minimum absolute atomic E-state index is 0.0907. The van der Waals surface area contributed by atoms with Gasteiger partial charge in [0.05, 0.1) is 18.6 Å². The molecule has 92 valence electrons. The van der Waals surface area contributed by atoms with Crippen LogP contribution in [0.4, 0.5) is 4.39 Å². The Bertz CT molecular complexity index is 572. The highest BCUT2D eigenvalue weighted by atomic mass is 19.1. The number of hydrogen-bond acceptors (Lipinski definition) is 2. The van der Waals surface area contributed by atoms with Crippen molar-refractivity contribution in [3.8, 4) is 0 Å². The van der Waals surface area contributed by atoms with Gasteiger partial charge in [0.1, 0.15) is 11.5 Å². The number of imidazole rings is 1. The minimum atomic E-state index is -0.279. The largest absolute Gasteiger partial charge is 0.321 e. The summed E-state index contributed by atoms with van der Waals surface area (Å²) in [7, 11) is 0. The molecule has 0 spiro atoms. The van der Waals surface area contributed by atoms with E-state index in [1.807, 2.05) is 6.92 Å². The third kappa shape index (κ3) is 2.22. The summed E-state index contributed by atoms with van der Waals surface area (Å²) in [4.78, 5) is 15.6. The maximum Gasteiger partial charge on any atom is 0.203 e. The molecule has 2 rings (SSSR count). The molecule has 3 nitrogen and oxygen atoms in total.